The second-order valence-corrected chi connectivity index (χ2v) is 8.83. The summed E-state index contributed by atoms with van der Waals surface area (Å²) in [6, 6.07) is 14.6. The third-order valence-corrected chi connectivity index (χ3v) is 6.16. The average molecular weight is 444 g/mol. The van der Waals surface area contributed by atoms with Crippen LogP contribution in [-0.4, -0.2) is 37.8 Å². The van der Waals surface area contributed by atoms with Crippen LogP contribution in [0.1, 0.15) is 54.5 Å². The summed E-state index contributed by atoms with van der Waals surface area (Å²) in [4.78, 5) is 31.8. The second kappa shape index (κ2) is 9.45. The van der Waals surface area contributed by atoms with E-state index in [0.29, 0.717) is 31.0 Å². The number of hydrogen-bond donors (Lipinski definition) is 1. The summed E-state index contributed by atoms with van der Waals surface area (Å²) in [5.41, 5.74) is 3.71. The molecule has 0 bridgehead atoms. The lowest BCUT2D eigenvalue weighted by Gasteiger charge is -2.25. The second-order valence-electron chi connectivity index (χ2n) is 8.83. The Morgan fingerprint density at radius 1 is 1.03 bits per heavy atom. The van der Waals surface area contributed by atoms with Crippen molar-refractivity contribution in [2.45, 2.75) is 45.7 Å². The first-order chi connectivity index (χ1) is 15.9. The zero-order chi connectivity index (χ0) is 23.5. The monoisotopic (exact) mass is 443 g/mol. The summed E-state index contributed by atoms with van der Waals surface area (Å²) in [5, 5.41) is 11.1. The maximum absolute atomic E-state index is 13.1. The summed E-state index contributed by atoms with van der Waals surface area (Å²) >= 11 is 0. The minimum Gasteiger partial charge on any atom is -0.507 e. The van der Waals surface area contributed by atoms with Gasteiger partial charge in [-0.25, -0.2) is 4.98 Å². The first-order valence-corrected chi connectivity index (χ1v) is 11.3. The molecule has 0 aliphatic carbocycles. The lowest BCUT2D eigenvalue weighted by atomic mass is 9.93. The van der Waals surface area contributed by atoms with Gasteiger partial charge in [0, 0.05) is 31.0 Å². The number of rotatable bonds is 7. The quantitative estimate of drug-likeness (QED) is 0.322. The molecule has 1 aliphatic heterocycles. The smallest absolute Gasteiger partial charge is 0.295 e. The minimum atomic E-state index is -0.645. The SMILES string of the molecule is Cc1ccc(C(O)=C2C(=O)C(=O)N(CCCn3ccnc3)C2c2ccc(C(C)C)cc2)cc1. The number of nitrogens with zero attached hydrogens (tertiary/aromatic N) is 3. The van der Waals surface area contributed by atoms with Crippen LogP contribution < -0.4 is 0 Å². The molecule has 3 aromatic rings. The molecule has 0 radical (unpaired) electrons. The van der Waals surface area contributed by atoms with E-state index in [1.807, 2.05) is 54.1 Å². The summed E-state index contributed by atoms with van der Waals surface area (Å²) in [6.45, 7) is 7.27. The number of aromatic nitrogens is 2. The molecule has 2 aromatic carbocycles. The molecule has 1 saturated heterocycles. The zero-order valence-electron chi connectivity index (χ0n) is 19.2. The summed E-state index contributed by atoms with van der Waals surface area (Å²) in [6.07, 6.45) is 5.97. The fourth-order valence-electron chi connectivity index (χ4n) is 4.23. The molecule has 2 heterocycles. The van der Waals surface area contributed by atoms with Crippen LogP contribution in [0.4, 0.5) is 0 Å². The highest BCUT2D eigenvalue weighted by atomic mass is 16.3. The van der Waals surface area contributed by atoms with E-state index in [1.165, 1.54) is 5.56 Å². The molecule has 0 saturated carbocycles. The summed E-state index contributed by atoms with van der Waals surface area (Å²) in [5.74, 6) is -0.989. The number of hydrogen-bond acceptors (Lipinski definition) is 4. The number of aliphatic hydroxyl groups excluding tert-OH is 1. The number of imidazole rings is 1. The van der Waals surface area contributed by atoms with Crippen LogP contribution in [0.25, 0.3) is 5.76 Å². The number of Topliss-reactive ketones (excluding diaryl/α,β-unsaturated/α-hetero) is 1. The number of benzene rings is 2. The molecule has 1 fully saturated rings. The molecule has 1 amide bonds. The fourth-order valence-corrected chi connectivity index (χ4v) is 4.23. The highest BCUT2D eigenvalue weighted by Crippen LogP contribution is 2.39. The largest absolute Gasteiger partial charge is 0.507 e. The molecule has 1 aromatic heterocycles. The van der Waals surface area contributed by atoms with Crippen LogP contribution in [0, 0.1) is 6.92 Å². The van der Waals surface area contributed by atoms with Crippen molar-refractivity contribution >= 4 is 17.4 Å². The van der Waals surface area contributed by atoms with Gasteiger partial charge in [-0.3, -0.25) is 9.59 Å². The number of aryl methyl sites for hydroxylation is 2. The Morgan fingerprint density at radius 2 is 1.73 bits per heavy atom. The van der Waals surface area contributed by atoms with Gasteiger partial charge < -0.3 is 14.6 Å². The number of carbonyl (C=O) groups is 2. The molecule has 4 rings (SSSR count). The Bertz CT molecular complexity index is 1160. The Kier molecular flexibility index (Phi) is 6.45. The number of likely N-dealkylation sites (tertiary alicyclic amines) is 1. The van der Waals surface area contributed by atoms with Crippen LogP contribution >= 0.6 is 0 Å². The van der Waals surface area contributed by atoms with Crippen molar-refractivity contribution < 1.29 is 14.7 Å². The van der Waals surface area contributed by atoms with E-state index in [0.717, 1.165) is 11.1 Å². The van der Waals surface area contributed by atoms with Gasteiger partial charge in [0.2, 0.25) is 0 Å². The molecule has 1 unspecified atom stereocenters. The van der Waals surface area contributed by atoms with Crippen LogP contribution in [0.15, 0.2) is 72.8 Å². The number of aliphatic hydroxyl groups is 1. The van der Waals surface area contributed by atoms with E-state index in [2.05, 4.69) is 18.8 Å². The minimum absolute atomic E-state index is 0.136. The van der Waals surface area contributed by atoms with E-state index in [9.17, 15) is 14.7 Å². The van der Waals surface area contributed by atoms with Crippen molar-refractivity contribution in [2.75, 3.05) is 6.54 Å². The standard InChI is InChI=1S/C27H29N3O3/c1-18(2)20-9-11-21(12-10-20)24-23(25(31)22-7-5-19(3)6-8-22)26(32)27(33)30(24)15-4-14-29-16-13-28-17-29/h5-13,16-18,24,31H,4,14-15H2,1-3H3. The highest BCUT2D eigenvalue weighted by molar-refractivity contribution is 6.46. The molecule has 1 N–H and O–H groups in total. The van der Waals surface area contributed by atoms with E-state index < -0.39 is 17.7 Å². The Labute approximate surface area is 194 Å². The van der Waals surface area contributed by atoms with Crippen molar-refractivity contribution in [1.82, 2.24) is 14.5 Å². The van der Waals surface area contributed by atoms with Gasteiger partial charge in [0.1, 0.15) is 5.76 Å². The van der Waals surface area contributed by atoms with E-state index in [-0.39, 0.29) is 11.3 Å². The third kappa shape index (κ3) is 4.60. The summed E-state index contributed by atoms with van der Waals surface area (Å²) < 4.78 is 1.94. The third-order valence-electron chi connectivity index (χ3n) is 6.16. The highest BCUT2D eigenvalue weighted by Gasteiger charge is 2.45. The van der Waals surface area contributed by atoms with Gasteiger partial charge in [-0.05, 0) is 30.4 Å². The molecule has 0 spiro atoms. The van der Waals surface area contributed by atoms with Gasteiger partial charge in [-0.1, -0.05) is 67.9 Å². The van der Waals surface area contributed by atoms with Crippen molar-refractivity contribution in [3.05, 3.63) is 95.1 Å². The van der Waals surface area contributed by atoms with Gasteiger partial charge >= 0.3 is 0 Å². The summed E-state index contributed by atoms with van der Waals surface area (Å²) in [7, 11) is 0. The Morgan fingerprint density at radius 3 is 2.33 bits per heavy atom. The molecule has 1 atom stereocenters. The fraction of sp³-hybridized carbons (Fsp3) is 0.296. The molecular formula is C27H29N3O3. The van der Waals surface area contributed by atoms with Gasteiger partial charge in [0.25, 0.3) is 11.7 Å². The van der Waals surface area contributed by atoms with Gasteiger partial charge in [0.15, 0.2) is 0 Å². The van der Waals surface area contributed by atoms with Crippen molar-refractivity contribution in [3.8, 4) is 0 Å². The van der Waals surface area contributed by atoms with Gasteiger partial charge in [-0.15, -0.1) is 0 Å². The van der Waals surface area contributed by atoms with Crippen molar-refractivity contribution in [1.29, 1.82) is 0 Å². The molecule has 6 nitrogen and oxygen atoms in total. The number of ketones is 1. The normalized spacial score (nSPS) is 17.8. The van der Waals surface area contributed by atoms with Crippen molar-refractivity contribution in [2.24, 2.45) is 0 Å². The first-order valence-electron chi connectivity index (χ1n) is 11.3. The van der Waals surface area contributed by atoms with Crippen molar-refractivity contribution in [3.63, 3.8) is 0 Å². The van der Waals surface area contributed by atoms with Crippen LogP contribution in [0.3, 0.4) is 0 Å². The first kappa shape index (κ1) is 22.5. The van der Waals surface area contributed by atoms with E-state index >= 15 is 0 Å². The lowest BCUT2D eigenvalue weighted by molar-refractivity contribution is -0.139. The van der Waals surface area contributed by atoms with Gasteiger partial charge in [0.05, 0.1) is 17.9 Å². The maximum atomic E-state index is 13.1. The maximum Gasteiger partial charge on any atom is 0.295 e. The predicted octanol–water partition coefficient (Wildman–Crippen LogP) is 4.83. The van der Waals surface area contributed by atoms with E-state index in [4.69, 9.17) is 0 Å². The molecular weight excluding hydrogens is 414 g/mol. The Hall–Kier alpha value is -3.67. The number of carbonyl (C=O) groups excluding carboxylic acids is 2. The zero-order valence-corrected chi connectivity index (χ0v) is 19.2. The molecule has 170 valence electrons. The van der Waals surface area contributed by atoms with Gasteiger partial charge in [-0.2, -0.15) is 0 Å². The van der Waals surface area contributed by atoms with Crippen LogP contribution in [0.5, 0.6) is 0 Å². The number of amides is 1. The average Bonchev–Trinajstić information content (AvgIpc) is 3.41. The molecule has 1 aliphatic rings. The predicted molar refractivity (Wildman–Crippen MR) is 128 cm³/mol. The topological polar surface area (TPSA) is 75.4 Å². The van der Waals surface area contributed by atoms with E-state index in [1.54, 1.807) is 29.6 Å². The van der Waals surface area contributed by atoms with Crippen LogP contribution in [-0.2, 0) is 16.1 Å². The van der Waals surface area contributed by atoms with Crippen LogP contribution in [0.2, 0.25) is 0 Å². The molecule has 6 heteroatoms. The molecule has 33 heavy (non-hydrogen) atoms. The lowest BCUT2D eigenvalue weighted by Crippen LogP contribution is -2.31. The Balaban J connectivity index is 1.73.